The van der Waals surface area contributed by atoms with Crippen LogP contribution in [0.25, 0.3) is 0 Å². The largest absolute Gasteiger partial charge is 0.493 e. The first-order valence-corrected chi connectivity index (χ1v) is 34.0. The first-order chi connectivity index (χ1) is 44.5. The van der Waals surface area contributed by atoms with Crippen molar-refractivity contribution >= 4 is 64.7 Å². The molecule has 18 atom stereocenters. The molecule has 8 rings (SSSR count). The number of urea groups is 1. The number of hydrogen-bond donors (Lipinski definition) is 0. The van der Waals surface area contributed by atoms with Gasteiger partial charge in [0, 0.05) is 122 Å². The van der Waals surface area contributed by atoms with Crippen LogP contribution in [0.15, 0.2) is 30.6 Å². The maximum absolute atomic E-state index is 15.8. The number of amides is 3. The fraction of sp³-hybridized carbons (Fsp3) is 0.750. The number of pyridine rings is 1. The summed E-state index contributed by atoms with van der Waals surface area (Å²) >= 11 is 13.6. The van der Waals surface area contributed by atoms with Gasteiger partial charge in [-0.05, 0) is 105 Å². The van der Waals surface area contributed by atoms with Gasteiger partial charge in [0.05, 0.1) is 84.5 Å². The van der Waals surface area contributed by atoms with Crippen molar-refractivity contribution in [2.45, 2.75) is 238 Å². The Bertz CT molecular complexity index is 2940. The van der Waals surface area contributed by atoms with E-state index in [1.807, 2.05) is 39.0 Å². The molecule has 2 aromatic rings. The normalized spacial score (nSPS) is 34.6. The Morgan fingerprint density at radius 1 is 0.809 bits per heavy atom. The van der Waals surface area contributed by atoms with Crippen molar-refractivity contribution in [3.05, 3.63) is 46.2 Å². The number of cyclic esters (lactones) is 1. The van der Waals surface area contributed by atoms with Crippen LogP contribution in [-0.4, -0.2) is 214 Å². The summed E-state index contributed by atoms with van der Waals surface area (Å²) in [7, 11) is 6.26. The van der Waals surface area contributed by atoms with Crippen molar-refractivity contribution in [3.8, 4) is 11.5 Å². The number of morpholine rings is 1. The van der Waals surface area contributed by atoms with Gasteiger partial charge in [-0.2, -0.15) is 0 Å². The Kier molecular flexibility index (Phi) is 25.3. The molecular weight excluding hydrogens is 1260 g/mol. The molecule has 26 heteroatoms. The summed E-state index contributed by atoms with van der Waals surface area (Å²) in [6.07, 6.45) is -2.16. The van der Waals surface area contributed by atoms with Crippen LogP contribution in [0.5, 0.6) is 11.5 Å². The van der Waals surface area contributed by atoms with E-state index in [4.69, 9.17) is 84.8 Å². The predicted molar refractivity (Wildman–Crippen MR) is 347 cm³/mol. The van der Waals surface area contributed by atoms with Crippen molar-refractivity contribution < 1.29 is 90.3 Å². The van der Waals surface area contributed by atoms with Crippen LogP contribution in [0.1, 0.15) is 146 Å². The lowest BCUT2D eigenvalue weighted by Crippen LogP contribution is -2.63. The van der Waals surface area contributed by atoms with Gasteiger partial charge in [0.1, 0.15) is 17.5 Å². The summed E-state index contributed by atoms with van der Waals surface area (Å²) in [4.78, 5) is 97.4. The first-order valence-electron chi connectivity index (χ1n) is 33.3. The van der Waals surface area contributed by atoms with Crippen molar-refractivity contribution in [3.63, 3.8) is 0 Å². The van der Waals surface area contributed by atoms with E-state index >= 15 is 9.59 Å². The molecule has 0 bridgehead atoms. The van der Waals surface area contributed by atoms with E-state index in [-0.39, 0.29) is 56.7 Å². The number of carbonyl (C=O) groups excluding carboxylic acids is 6. The number of halogens is 2. The van der Waals surface area contributed by atoms with Gasteiger partial charge in [-0.15, -0.1) is 0 Å². The van der Waals surface area contributed by atoms with Crippen LogP contribution < -0.4 is 14.4 Å². The SMILES string of the molecule is CC[C@H]1OC(=O)[C@H](C)[C@@H](O[C@H]2C[C@@](C)(OC)[C@@H](OC(C)=O)[C@H](C)O2)[C@H](C)[C@@H](O[C@@H]2O[C@H](C)C[C@H](N(C)C(=O)N3CCOCC3)[C@H]2OC(C)=O)[C@](C)(OC)C[C@@H](C)C(=O)[C@H](C)[C@H]2N(CCCN(Cc3c(Cl)cncc3Cl)c3ccc(OC)c(OC4CCCC4)c3)C(=O)O[C@]12C. The maximum Gasteiger partial charge on any atom is 0.410 e. The smallest absolute Gasteiger partial charge is 0.410 e. The Balaban J connectivity index is 1.18. The molecule has 6 aliphatic rings. The van der Waals surface area contributed by atoms with Crippen molar-refractivity contribution in [2.75, 3.05) is 72.7 Å². The Morgan fingerprint density at radius 3 is 2.07 bits per heavy atom. The highest BCUT2D eigenvalue weighted by atomic mass is 35.5. The lowest BCUT2D eigenvalue weighted by molar-refractivity contribution is -0.320. The van der Waals surface area contributed by atoms with E-state index in [0.29, 0.717) is 66.4 Å². The molecule has 3 amide bonds. The molecule has 1 aromatic carbocycles. The van der Waals surface area contributed by atoms with Crippen LogP contribution in [0.3, 0.4) is 0 Å². The van der Waals surface area contributed by atoms with E-state index in [9.17, 15) is 19.2 Å². The topological polar surface area (TPSA) is 248 Å². The van der Waals surface area contributed by atoms with Crippen LogP contribution in [-0.2, 0) is 77.8 Å². The predicted octanol–water partition coefficient (Wildman–Crippen LogP) is 10.0. The lowest BCUT2D eigenvalue weighted by atomic mass is 9.73. The minimum atomic E-state index is -1.60. The van der Waals surface area contributed by atoms with E-state index in [1.165, 1.54) is 40.5 Å². The minimum absolute atomic E-state index is 0.00576. The van der Waals surface area contributed by atoms with Crippen molar-refractivity contribution in [2.24, 2.45) is 23.7 Å². The van der Waals surface area contributed by atoms with E-state index in [0.717, 1.165) is 31.4 Å². The molecule has 5 saturated heterocycles. The van der Waals surface area contributed by atoms with Gasteiger partial charge >= 0.3 is 30.0 Å². The third-order valence-corrected chi connectivity index (χ3v) is 21.0. The number of esters is 3. The number of fused-ring (bicyclic) bond motifs is 1. The fourth-order valence-electron chi connectivity index (χ4n) is 15.2. The summed E-state index contributed by atoms with van der Waals surface area (Å²) in [5.74, 6) is -4.86. The molecule has 0 spiro atoms. The Morgan fingerprint density at radius 2 is 1.46 bits per heavy atom. The fourth-order valence-corrected chi connectivity index (χ4v) is 15.7. The van der Waals surface area contributed by atoms with Gasteiger partial charge in [-0.25, -0.2) is 9.59 Å². The van der Waals surface area contributed by atoms with Crippen LogP contribution in [0, 0.1) is 23.7 Å². The van der Waals surface area contributed by atoms with Crippen LogP contribution >= 0.6 is 23.2 Å². The number of Topliss-reactive ketones (excluding diaryl/α,β-unsaturated/α-hetero) is 1. The average molecular weight is 1360 g/mol. The zero-order valence-corrected chi connectivity index (χ0v) is 59.2. The number of likely N-dealkylation sites (N-methyl/N-ethyl adjacent to an activating group) is 1. The second-order valence-corrected chi connectivity index (χ2v) is 27.9. The number of rotatable bonds is 20. The number of nitrogens with zero attached hydrogens (tertiary/aromatic N) is 5. The third-order valence-electron chi connectivity index (χ3n) is 20.3. The van der Waals surface area contributed by atoms with Gasteiger partial charge in [-0.3, -0.25) is 24.2 Å². The Hall–Kier alpha value is -5.31. The highest BCUT2D eigenvalue weighted by Crippen LogP contribution is 2.46. The Labute approximate surface area is 564 Å². The second-order valence-electron chi connectivity index (χ2n) is 27.1. The molecule has 24 nitrogen and oxygen atoms in total. The molecule has 5 aliphatic heterocycles. The highest BCUT2D eigenvalue weighted by molar-refractivity contribution is 6.35. The molecular formula is C68H101Cl2N5O19. The molecule has 526 valence electrons. The van der Waals surface area contributed by atoms with E-state index in [1.54, 1.807) is 77.3 Å². The number of carbonyl (C=O) groups is 6. The number of aromatic nitrogens is 1. The molecule has 1 saturated carbocycles. The molecule has 6 fully saturated rings. The van der Waals surface area contributed by atoms with Gasteiger partial charge in [0.2, 0.25) is 0 Å². The maximum atomic E-state index is 15.8. The average Bonchev–Trinajstić information content (AvgIpc) is 1.50. The summed E-state index contributed by atoms with van der Waals surface area (Å²) in [6, 6.07) is 3.68. The molecule has 0 N–H and O–H groups in total. The van der Waals surface area contributed by atoms with Gasteiger partial charge in [0.25, 0.3) is 0 Å². The molecule has 0 radical (unpaired) electrons. The van der Waals surface area contributed by atoms with Gasteiger partial charge < -0.3 is 81.2 Å². The zero-order valence-electron chi connectivity index (χ0n) is 57.7. The van der Waals surface area contributed by atoms with Crippen molar-refractivity contribution in [1.29, 1.82) is 0 Å². The monoisotopic (exact) mass is 1360 g/mol. The number of hydrogen-bond acceptors (Lipinski definition) is 21. The number of anilines is 1. The summed E-state index contributed by atoms with van der Waals surface area (Å²) in [5.41, 5.74) is -2.81. The second kappa shape index (κ2) is 31.9. The minimum Gasteiger partial charge on any atom is -0.493 e. The highest BCUT2D eigenvalue weighted by Gasteiger charge is 2.61. The van der Waals surface area contributed by atoms with Crippen LogP contribution in [0.4, 0.5) is 15.3 Å². The van der Waals surface area contributed by atoms with Gasteiger partial charge in [0.15, 0.2) is 41.9 Å². The standard InChI is InChI=1S/C68H101Cl2N5O19/c1-17-54-68(12)59(75(65(81)94-68)26-20-25-74(37-48-49(69)35-71-36-50(48)70)46-23-24-52(82-14)53(32-46)90-47-21-18-19-22-47)40(4)56(78)38(2)33-66(10,83-15)60(93-63-58(88-44(8)76)51(31-39(3)86-63)72(13)64(80)73-27-29-85-30-28-73)41(5)57(42(6)62(79)91-54)92-55-34-67(11,84-16)61(43(7)87-55)89-45(9)77/h23-24,32,35-36,38-43,47,51,54-55,57-61,63H,17-22,25-31,33-34,37H2,1-16H3/t38-,39-,40+,41+,42-,43+,51+,54-,55+,57+,58-,59-,60-,61+,63+,66-,67-,68-/m1/s1. The van der Waals surface area contributed by atoms with E-state index < -0.39 is 132 Å². The van der Waals surface area contributed by atoms with Crippen LogP contribution in [0.2, 0.25) is 10.0 Å². The van der Waals surface area contributed by atoms with Gasteiger partial charge in [-0.1, -0.05) is 50.9 Å². The molecule has 1 aromatic heterocycles. The summed E-state index contributed by atoms with van der Waals surface area (Å²) in [5, 5.41) is 0.742. The number of benzene rings is 1. The number of ketones is 1. The summed E-state index contributed by atoms with van der Waals surface area (Å²) in [6.45, 7) is 22.5. The first kappa shape index (κ1) is 74.5. The third kappa shape index (κ3) is 16.6. The number of methoxy groups -OCH3 is 3. The molecule has 1 aliphatic carbocycles. The van der Waals surface area contributed by atoms with E-state index in [2.05, 4.69) is 9.88 Å². The quantitative estimate of drug-likeness (QED) is 0.0883. The molecule has 0 unspecified atom stereocenters. The zero-order chi connectivity index (χ0) is 68.7. The number of ether oxygens (including phenoxy) is 13. The van der Waals surface area contributed by atoms with Crippen molar-refractivity contribution in [1.82, 2.24) is 19.7 Å². The lowest BCUT2D eigenvalue weighted by Gasteiger charge is -2.50. The molecule has 6 heterocycles. The summed E-state index contributed by atoms with van der Waals surface area (Å²) < 4.78 is 83.5. The molecule has 94 heavy (non-hydrogen) atoms.